The fourth-order valence-electron chi connectivity index (χ4n) is 4.71. The predicted octanol–water partition coefficient (Wildman–Crippen LogP) is 6.10. The van der Waals surface area contributed by atoms with Gasteiger partial charge >= 0.3 is 0 Å². The van der Waals surface area contributed by atoms with Crippen LogP contribution in [0.25, 0.3) is 0 Å². The predicted molar refractivity (Wildman–Crippen MR) is 135 cm³/mol. The number of aromatic nitrogens is 1. The Morgan fingerprint density at radius 3 is 2.71 bits per heavy atom. The maximum atomic E-state index is 13.5. The van der Waals surface area contributed by atoms with Crippen LogP contribution in [0.15, 0.2) is 24.4 Å². The molecule has 2 saturated carbocycles. The molecule has 0 unspecified atom stereocenters. The normalized spacial score (nSPS) is 20.8. The van der Waals surface area contributed by atoms with Crippen LogP contribution in [0, 0.1) is 12.8 Å². The Hall–Kier alpha value is -2.26. The van der Waals surface area contributed by atoms with E-state index in [-0.39, 0.29) is 12.5 Å². The van der Waals surface area contributed by atoms with Gasteiger partial charge in [0.1, 0.15) is 6.04 Å². The number of amides is 2. The summed E-state index contributed by atoms with van der Waals surface area (Å²) in [6, 6.07) is 3.58. The number of rotatable bonds is 11. The summed E-state index contributed by atoms with van der Waals surface area (Å²) < 4.78 is 27.0. The molecule has 2 N–H and O–H groups in total. The van der Waals surface area contributed by atoms with E-state index in [0.717, 1.165) is 48.4 Å². The van der Waals surface area contributed by atoms with Gasteiger partial charge in [-0.25, -0.2) is 8.78 Å². The second-order valence-corrected chi connectivity index (χ2v) is 11.0. The number of pyridine rings is 1. The van der Waals surface area contributed by atoms with E-state index in [1.165, 1.54) is 16.2 Å². The Labute approximate surface area is 213 Å². The van der Waals surface area contributed by atoms with Crippen LogP contribution in [0.4, 0.5) is 19.5 Å². The Morgan fingerprint density at radius 1 is 1.37 bits per heavy atom. The van der Waals surface area contributed by atoms with E-state index >= 15 is 0 Å². The van der Waals surface area contributed by atoms with Crippen LogP contribution < -0.4 is 15.5 Å². The third kappa shape index (κ3) is 6.12. The van der Waals surface area contributed by atoms with Gasteiger partial charge in [-0.05, 0) is 43.9 Å². The van der Waals surface area contributed by atoms with Crippen LogP contribution in [0.5, 0.6) is 0 Å². The molecule has 0 radical (unpaired) electrons. The second-order valence-electron chi connectivity index (χ2n) is 9.51. The molecule has 2 amide bonds. The molecule has 0 aromatic carbocycles. The van der Waals surface area contributed by atoms with E-state index in [0.29, 0.717) is 28.8 Å². The standard InChI is InChI=1S/C25H31ClF2N4O2S/c1-3-18(30-19-11-17(26)13-29-15(19)2)21-8-9-23(35-21)32(14-33)20(10-16-6-4-5-7-16)24(34)31-22-12-25(22,27)28/h8-9,11,13-14,16,18,20,22,30H,3-7,10,12H2,1-2H3,(H,31,34)/t18-,20-,22+/m0/s1. The molecule has 0 bridgehead atoms. The summed E-state index contributed by atoms with van der Waals surface area (Å²) in [6.45, 7) is 3.95. The van der Waals surface area contributed by atoms with Crippen molar-refractivity contribution in [1.82, 2.24) is 10.3 Å². The number of halogens is 3. The Balaban J connectivity index is 1.54. The largest absolute Gasteiger partial charge is 0.376 e. The first-order valence-corrected chi connectivity index (χ1v) is 13.3. The van der Waals surface area contributed by atoms with Crippen LogP contribution in [-0.4, -0.2) is 35.3 Å². The first-order chi connectivity index (χ1) is 16.7. The fourth-order valence-corrected chi connectivity index (χ4v) is 6.02. The fraction of sp³-hybridized carbons (Fsp3) is 0.560. The maximum absolute atomic E-state index is 13.5. The number of carbonyl (C=O) groups is 2. The smallest absolute Gasteiger partial charge is 0.270 e. The number of hydrogen-bond donors (Lipinski definition) is 2. The van der Waals surface area contributed by atoms with E-state index in [1.807, 2.05) is 32.0 Å². The van der Waals surface area contributed by atoms with Crippen LogP contribution in [0.2, 0.25) is 5.02 Å². The number of nitrogens with zero attached hydrogens (tertiary/aromatic N) is 2. The first kappa shape index (κ1) is 25.8. The van der Waals surface area contributed by atoms with Crippen molar-refractivity contribution in [2.75, 3.05) is 10.2 Å². The number of nitrogens with one attached hydrogen (secondary N) is 2. The Kier molecular flexibility index (Phi) is 7.96. The molecule has 6 nitrogen and oxygen atoms in total. The van der Waals surface area contributed by atoms with Crippen molar-refractivity contribution in [3.8, 4) is 0 Å². The quantitative estimate of drug-likeness (QED) is 0.348. The highest BCUT2D eigenvalue weighted by Crippen LogP contribution is 2.42. The molecular weight excluding hydrogens is 494 g/mol. The summed E-state index contributed by atoms with van der Waals surface area (Å²) in [5.74, 6) is -3.06. The number of anilines is 2. The van der Waals surface area contributed by atoms with Gasteiger partial charge in [-0.1, -0.05) is 44.2 Å². The zero-order valence-corrected chi connectivity index (χ0v) is 21.5. The topological polar surface area (TPSA) is 74.3 Å². The molecule has 10 heteroatoms. The van der Waals surface area contributed by atoms with Crippen molar-refractivity contribution in [1.29, 1.82) is 0 Å². The van der Waals surface area contributed by atoms with E-state index in [4.69, 9.17) is 11.6 Å². The molecule has 2 aliphatic carbocycles. The van der Waals surface area contributed by atoms with Gasteiger partial charge in [0, 0.05) is 17.5 Å². The SMILES string of the molecule is CC[C@H](Nc1cc(Cl)cnc1C)c1ccc(N(C=O)[C@@H](CC2CCCC2)C(=O)N[C@@H]2CC2(F)F)s1. The molecule has 2 aromatic rings. The van der Waals surface area contributed by atoms with Crippen LogP contribution in [0.3, 0.4) is 0 Å². The number of alkyl halides is 2. The lowest BCUT2D eigenvalue weighted by atomic mass is 9.97. The zero-order valence-electron chi connectivity index (χ0n) is 19.9. The lowest BCUT2D eigenvalue weighted by Crippen LogP contribution is -2.48. The van der Waals surface area contributed by atoms with Gasteiger partial charge < -0.3 is 10.6 Å². The second kappa shape index (κ2) is 10.8. The monoisotopic (exact) mass is 524 g/mol. The van der Waals surface area contributed by atoms with Crippen molar-refractivity contribution in [3.63, 3.8) is 0 Å². The molecule has 2 aromatic heterocycles. The molecule has 4 rings (SSSR count). The van der Waals surface area contributed by atoms with E-state index in [1.54, 1.807) is 6.20 Å². The number of aryl methyl sites for hydroxylation is 1. The van der Waals surface area contributed by atoms with Crippen molar-refractivity contribution >= 4 is 45.9 Å². The number of carbonyl (C=O) groups excluding carboxylic acids is 2. The highest BCUT2D eigenvalue weighted by Gasteiger charge is 2.58. The summed E-state index contributed by atoms with van der Waals surface area (Å²) in [5, 5.41) is 7.10. The minimum absolute atomic E-state index is 0.0477. The minimum Gasteiger partial charge on any atom is -0.376 e. The summed E-state index contributed by atoms with van der Waals surface area (Å²) in [5.41, 5.74) is 1.65. The average molecular weight is 525 g/mol. The van der Waals surface area contributed by atoms with Crippen molar-refractivity contribution in [2.24, 2.45) is 5.92 Å². The van der Waals surface area contributed by atoms with Gasteiger partial charge in [0.25, 0.3) is 5.92 Å². The molecule has 2 aliphatic rings. The Morgan fingerprint density at radius 2 is 2.09 bits per heavy atom. The first-order valence-electron chi connectivity index (χ1n) is 12.1. The summed E-state index contributed by atoms with van der Waals surface area (Å²) in [6.07, 6.45) is 7.30. The van der Waals surface area contributed by atoms with Crippen LogP contribution in [-0.2, 0) is 9.59 Å². The lowest BCUT2D eigenvalue weighted by molar-refractivity contribution is -0.125. The van der Waals surface area contributed by atoms with E-state index < -0.39 is 23.9 Å². The van der Waals surface area contributed by atoms with E-state index in [9.17, 15) is 18.4 Å². The number of thiophene rings is 1. The molecule has 0 aliphatic heterocycles. The van der Waals surface area contributed by atoms with Gasteiger partial charge in [-0.15, -0.1) is 11.3 Å². The van der Waals surface area contributed by atoms with Gasteiger partial charge in [-0.3, -0.25) is 19.5 Å². The third-order valence-corrected chi connectivity index (χ3v) is 8.35. The van der Waals surface area contributed by atoms with Crippen LogP contribution in [0.1, 0.15) is 68.5 Å². The molecule has 0 spiro atoms. The van der Waals surface area contributed by atoms with Gasteiger partial charge in [0.15, 0.2) is 0 Å². The average Bonchev–Trinajstić information content (AvgIpc) is 3.25. The molecule has 35 heavy (non-hydrogen) atoms. The molecule has 190 valence electrons. The van der Waals surface area contributed by atoms with Gasteiger partial charge in [0.05, 0.1) is 33.5 Å². The zero-order chi connectivity index (χ0) is 25.2. The van der Waals surface area contributed by atoms with Crippen molar-refractivity contribution in [3.05, 3.63) is 40.0 Å². The minimum atomic E-state index is -2.86. The maximum Gasteiger partial charge on any atom is 0.270 e. The lowest BCUT2D eigenvalue weighted by Gasteiger charge is -2.28. The van der Waals surface area contributed by atoms with Gasteiger partial charge in [0.2, 0.25) is 12.3 Å². The van der Waals surface area contributed by atoms with Crippen LogP contribution >= 0.6 is 22.9 Å². The summed E-state index contributed by atoms with van der Waals surface area (Å²) in [7, 11) is 0. The highest BCUT2D eigenvalue weighted by atomic mass is 35.5. The van der Waals surface area contributed by atoms with E-state index in [2.05, 4.69) is 15.6 Å². The number of hydrogen-bond acceptors (Lipinski definition) is 5. The highest BCUT2D eigenvalue weighted by molar-refractivity contribution is 7.16. The van der Waals surface area contributed by atoms with Gasteiger partial charge in [-0.2, -0.15) is 0 Å². The molecule has 2 fully saturated rings. The van der Waals surface area contributed by atoms with Crippen molar-refractivity contribution in [2.45, 2.75) is 82.8 Å². The molecular formula is C25H31ClF2N4O2S. The Bertz CT molecular complexity index is 1060. The third-order valence-electron chi connectivity index (χ3n) is 6.93. The summed E-state index contributed by atoms with van der Waals surface area (Å²) in [4.78, 5) is 32.0. The van der Waals surface area contributed by atoms with Crippen molar-refractivity contribution < 1.29 is 18.4 Å². The summed E-state index contributed by atoms with van der Waals surface area (Å²) >= 11 is 7.53. The molecule has 2 heterocycles. The molecule has 3 atom stereocenters. The molecule has 0 saturated heterocycles.